The zero-order chi connectivity index (χ0) is 14.2. The molecule has 0 aliphatic heterocycles. The van der Waals surface area contributed by atoms with Crippen molar-refractivity contribution in [1.82, 2.24) is 0 Å². The van der Waals surface area contributed by atoms with E-state index in [1.165, 1.54) is 11.8 Å². The van der Waals surface area contributed by atoms with E-state index in [1.807, 2.05) is 60.7 Å². The first-order chi connectivity index (χ1) is 9.75. The number of esters is 1. The lowest BCUT2D eigenvalue weighted by molar-refractivity contribution is -0.138. The fourth-order valence-electron chi connectivity index (χ4n) is 1.66. The van der Waals surface area contributed by atoms with E-state index in [2.05, 4.69) is 6.58 Å². The quantitative estimate of drug-likeness (QED) is 0.454. The van der Waals surface area contributed by atoms with Gasteiger partial charge in [-0.3, -0.25) is 0 Å². The Balaban J connectivity index is 1.76. The maximum absolute atomic E-state index is 11.8. The fraction of sp³-hybridized carbons (Fsp3) is 0.118. The molecular formula is C17H16O2S. The van der Waals surface area contributed by atoms with E-state index in [9.17, 15) is 4.79 Å². The Morgan fingerprint density at radius 3 is 2.25 bits per heavy atom. The fourth-order valence-corrected chi connectivity index (χ4v) is 2.38. The second-order valence-corrected chi connectivity index (χ2v) is 5.38. The highest BCUT2D eigenvalue weighted by Crippen LogP contribution is 2.25. The summed E-state index contributed by atoms with van der Waals surface area (Å²) in [5.41, 5.74) is 1.15. The highest BCUT2D eigenvalue weighted by atomic mass is 32.2. The van der Waals surface area contributed by atoms with E-state index < -0.39 is 0 Å². The van der Waals surface area contributed by atoms with Crippen LogP contribution in [0.25, 0.3) is 0 Å². The molecule has 102 valence electrons. The SMILES string of the molecule is C=C(Sc1ccccc1)C(=O)OCCc1ccccc1. The molecule has 2 aromatic carbocycles. The Morgan fingerprint density at radius 1 is 1.00 bits per heavy atom. The minimum Gasteiger partial charge on any atom is -0.461 e. The summed E-state index contributed by atoms with van der Waals surface area (Å²) in [6, 6.07) is 19.6. The Labute approximate surface area is 123 Å². The van der Waals surface area contributed by atoms with Crippen molar-refractivity contribution in [2.45, 2.75) is 11.3 Å². The standard InChI is InChI=1S/C17H16O2S/c1-14(20-16-10-6-3-7-11-16)17(18)19-13-12-15-8-4-2-5-9-15/h2-11H,1,12-13H2. The Morgan fingerprint density at radius 2 is 1.60 bits per heavy atom. The number of carbonyl (C=O) groups excluding carboxylic acids is 1. The molecule has 0 bridgehead atoms. The van der Waals surface area contributed by atoms with Gasteiger partial charge in [0.15, 0.2) is 0 Å². The van der Waals surface area contributed by atoms with Gasteiger partial charge in [-0.15, -0.1) is 0 Å². The van der Waals surface area contributed by atoms with Crippen LogP contribution in [0.5, 0.6) is 0 Å². The highest BCUT2D eigenvalue weighted by molar-refractivity contribution is 8.04. The van der Waals surface area contributed by atoms with Gasteiger partial charge in [-0.25, -0.2) is 4.79 Å². The average molecular weight is 284 g/mol. The third-order valence-corrected chi connectivity index (χ3v) is 3.60. The topological polar surface area (TPSA) is 26.3 Å². The second kappa shape index (κ2) is 7.56. The van der Waals surface area contributed by atoms with Gasteiger partial charge in [0.2, 0.25) is 0 Å². The van der Waals surface area contributed by atoms with Crippen molar-refractivity contribution < 1.29 is 9.53 Å². The van der Waals surface area contributed by atoms with Gasteiger partial charge in [0.05, 0.1) is 11.5 Å². The molecule has 0 aromatic heterocycles. The van der Waals surface area contributed by atoms with Crippen LogP contribution in [0.1, 0.15) is 5.56 Å². The van der Waals surface area contributed by atoms with Gasteiger partial charge in [-0.2, -0.15) is 0 Å². The average Bonchev–Trinajstić information content (AvgIpc) is 2.49. The van der Waals surface area contributed by atoms with Gasteiger partial charge < -0.3 is 4.74 Å². The molecule has 0 aliphatic carbocycles. The lowest BCUT2D eigenvalue weighted by Gasteiger charge is -2.07. The summed E-state index contributed by atoms with van der Waals surface area (Å²) in [6.45, 7) is 4.14. The molecule has 2 nitrogen and oxygen atoms in total. The van der Waals surface area contributed by atoms with Crippen LogP contribution in [0.2, 0.25) is 0 Å². The van der Waals surface area contributed by atoms with Crippen LogP contribution < -0.4 is 0 Å². The molecular weight excluding hydrogens is 268 g/mol. The molecule has 0 saturated carbocycles. The summed E-state index contributed by atoms with van der Waals surface area (Å²) in [5.74, 6) is -0.352. The first-order valence-corrected chi connectivity index (χ1v) is 7.20. The number of carbonyl (C=O) groups is 1. The molecule has 0 saturated heterocycles. The van der Waals surface area contributed by atoms with E-state index in [-0.39, 0.29) is 5.97 Å². The summed E-state index contributed by atoms with van der Waals surface area (Å²) >= 11 is 1.33. The lowest BCUT2D eigenvalue weighted by Crippen LogP contribution is -2.08. The molecule has 0 fully saturated rings. The Bertz CT molecular complexity index is 564. The van der Waals surface area contributed by atoms with Crippen LogP contribution >= 0.6 is 11.8 Å². The van der Waals surface area contributed by atoms with E-state index in [0.29, 0.717) is 11.5 Å². The predicted octanol–water partition coefficient (Wildman–Crippen LogP) is 4.08. The van der Waals surface area contributed by atoms with Crippen LogP contribution in [-0.4, -0.2) is 12.6 Å². The molecule has 20 heavy (non-hydrogen) atoms. The molecule has 0 radical (unpaired) electrons. The predicted molar refractivity (Wildman–Crippen MR) is 82.5 cm³/mol. The van der Waals surface area contributed by atoms with E-state index >= 15 is 0 Å². The summed E-state index contributed by atoms with van der Waals surface area (Å²) in [4.78, 5) is 13.2. The molecule has 0 spiro atoms. The molecule has 0 amide bonds. The zero-order valence-electron chi connectivity index (χ0n) is 11.1. The number of benzene rings is 2. The molecule has 0 N–H and O–H groups in total. The van der Waals surface area contributed by atoms with E-state index in [4.69, 9.17) is 4.74 Å². The zero-order valence-corrected chi connectivity index (χ0v) is 11.9. The maximum atomic E-state index is 11.8. The monoisotopic (exact) mass is 284 g/mol. The molecule has 0 heterocycles. The maximum Gasteiger partial charge on any atom is 0.344 e. The van der Waals surface area contributed by atoms with Crippen molar-refractivity contribution in [1.29, 1.82) is 0 Å². The summed E-state index contributed by atoms with van der Waals surface area (Å²) < 4.78 is 5.22. The van der Waals surface area contributed by atoms with E-state index in [1.54, 1.807) is 0 Å². The van der Waals surface area contributed by atoms with Crippen LogP contribution in [0.3, 0.4) is 0 Å². The number of hydrogen-bond donors (Lipinski definition) is 0. The first kappa shape index (κ1) is 14.4. The summed E-state index contributed by atoms with van der Waals surface area (Å²) in [6.07, 6.45) is 0.718. The normalized spacial score (nSPS) is 10.0. The van der Waals surface area contributed by atoms with Crippen LogP contribution in [0.15, 0.2) is 77.0 Å². The molecule has 3 heteroatoms. The molecule has 0 aliphatic rings. The largest absolute Gasteiger partial charge is 0.461 e. The van der Waals surface area contributed by atoms with Gasteiger partial charge in [0.25, 0.3) is 0 Å². The van der Waals surface area contributed by atoms with Crippen LogP contribution in [-0.2, 0) is 16.0 Å². The smallest absolute Gasteiger partial charge is 0.344 e. The van der Waals surface area contributed by atoms with Crippen molar-refractivity contribution in [3.63, 3.8) is 0 Å². The van der Waals surface area contributed by atoms with Gasteiger partial charge in [-0.05, 0) is 17.7 Å². The van der Waals surface area contributed by atoms with Gasteiger partial charge >= 0.3 is 5.97 Å². The van der Waals surface area contributed by atoms with Crippen molar-refractivity contribution in [2.24, 2.45) is 0 Å². The molecule has 0 unspecified atom stereocenters. The molecule has 2 rings (SSSR count). The highest BCUT2D eigenvalue weighted by Gasteiger charge is 2.10. The first-order valence-electron chi connectivity index (χ1n) is 6.38. The van der Waals surface area contributed by atoms with Crippen LogP contribution in [0.4, 0.5) is 0 Å². The van der Waals surface area contributed by atoms with Gasteiger partial charge in [0, 0.05) is 11.3 Å². The number of hydrogen-bond acceptors (Lipinski definition) is 3. The third kappa shape index (κ3) is 4.59. The minimum absolute atomic E-state index is 0.352. The Hall–Kier alpha value is -2.00. The third-order valence-electron chi connectivity index (χ3n) is 2.68. The van der Waals surface area contributed by atoms with Crippen molar-refractivity contribution in [3.8, 4) is 0 Å². The molecule has 0 atom stereocenters. The van der Waals surface area contributed by atoms with Crippen molar-refractivity contribution >= 4 is 17.7 Å². The number of thioether (sulfide) groups is 1. The lowest BCUT2D eigenvalue weighted by atomic mass is 10.2. The molecule has 2 aromatic rings. The Kier molecular flexibility index (Phi) is 5.44. The van der Waals surface area contributed by atoms with E-state index in [0.717, 1.165) is 16.9 Å². The van der Waals surface area contributed by atoms with Gasteiger partial charge in [-0.1, -0.05) is 66.9 Å². The van der Waals surface area contributed by atoms with Crippen molar-refractivity contribution in [3.05, 3.63) is 77.7 Å². The second-order valence-electron chi connectivity index (χ2n) is 4.21. The summed E-state index contributed by atoms with van der Waals surface area (Å²) in [7, 11) is 0. The van der Waals surface area contributed by atoms with Crippen molar-refractivity contribution in [2.75, 3.05) is 6.61 Å². The van der Waals surface area contributed by atoms with Gasteiger partial charge in [0.1, 0.15) is 0 Å². The summed E-state index contributed by atoms with van der Waals surface area (Å²) in [5, 5.41) is 0. The number of ether oxygens (including phenoxy) is 1. The minimum atomic E-state index is -0.352. The number of rotatable bonds is 6. The van der Waals surface area contributed by atoms with Crippen LogP contribution in [0, 0.1) is 0 Å².